The molecule has 0 aliphatic heterocycles. The van der Waals surface area contributed by atoms with E-state index in [9.17, 15) is 14.4 Å². The number of para-hydroxylation sites is 1. The number of rotatable bonds is 6. The second-order valence-electron chi connectivity index (χ2n) is 8.00. The summed E-state index contributed by atoms with van der Waals surface area (Å²) < 4.78 is 4.19. The average molecular weight is 454 g/mol. The first-order valence-electron chi connectivity index (χ1n) is 11.1. The van der Waals surface area contributed by atoms with Gasteiger partial charge in [-0.3, -0.25) is 18.7 Å². The van der Waals surface area contributed by atoms with E-state index in [2.05, 4.69) is 28.6 Å². The Morgan fingerprint density at radius 1 is 0.882 bits per heavy atom. The summed E-state index contributed by atoms with van der Waals surface area (Å²) in [7, 11) is 0. The van der Waals surface area contributed by atoms with Crippen LogP contribution in [0.15, 0.2) is 88.6 Å². The van der Waals surface area contributed by atoms with E-state index in [0.29, 0.717) is 23.3 Å². The number of nitrogens with zero attached hydrogens (tertiary/aromatic N) is 4. The zero-order chi connectivity index (χ0) is 23.7. The molecule has 8 heteroatoms. The van der Waals surface area contributed by atoms with Gasteiger partial charge in [0.15, 0.2) is 0 Å². The van der Waals surface area contributed by atoms with Gasteiger partial charge in [-0.15, -0.1) is 0 Å². The van der Waals surface area contributed by atoms with Crippen molar-refractivity contribution >= 4 is 33.4 Å². The molecular weight excluding hydrogens is 430 g/mol. The number of nitrogens with one attached hydrogen (secondary N) is 1. The third-order valence-corrected chi connectivity index (χ3v) is 5.93. The lowest BCUT2D eigenvalue weighted by molar-refractivity contribution is -0.116. The van der Waals surface area contributed by atoms with Gasteiger partial charge in [-0.1, -0.05) is 54.6 Å². The molecule has 5 rings (SSSR count). The van der Waals surface area contributed by atoms with Crippen LogP contribution >= 0.6 is 0 Å². The van der Waals surface area contributed by atoms with Gasteiger partial charge >= 0.3 is 5.69 Å². The molecule has 1 amide bonds. The predicted octanol–water partition coefficient (Wildman–Crippen LogP) is 3.22. The highest BCUT2D eigenvalue weighted by molar-refractivity contribution is 5.91. The Bertz CT molecular complexity index is 1640. The van der Waals surface area contributed by atoms with Crippen LogP contribution in [0, 0.1) is 0 Å². The Morgan fingerprint density at radius 3 is 2.44 bits per heavy atom. The molecule has 0 radical (unpaired) electrons. The molecule has 3 aromatic carbocycles. The Kier molecular flexibility index (Phi) is 5.55. The van der Waals surface area contributed by atoms with E-state index in [0.717, 1.165) is 20.9 Å². The van der Waals surface area contributed by atoms with Crippen LogP contribution < -0.4 is 16.6 Å². The van der Waals surface area contributed by atoms with E-state index in [4.69, 9.17) is 0 Å². The van der Waals surface area contributed by atoms with Crippen molar-refractivity contribution in [1.82, 2.24) is 18.9 Å². The summed E-state index contributed by atoms with van der Waals surface area (Å²) in [6.07, 6.45) is 1.62. The van der Waals surface area contributed by atoms with Crippen LogP contribution in [0.4, 0.5) is 5.82 Å². The Hall–Kier alpha value is -4.46. The van der Waals surface area contributed by atoms with Gasteiger partial charge in [-0.2, -0.15) is 5.10 Å². The van der Waals surface area contributed by atoms with Crippen LogP contribution in [0.25, 0.3) is 21.7 Å². The second kappa shape index (κ2) is 8.82. The monoisotopic (exact) mass is 453 g/mol. The number of hydrogen-bond acceptors (Lipinski definition) is 4. The number of amides is 1. The normalized spacial score (nSPS) is 11.2. The molecule has 5 aromatic rings. The topological polar surface area (TPSA) is 90.9 Å². The minimum atomic E-state index is -0.509. The minimum absolute atomic E-state index is 0.223. The Labute approximate surface area is 194 Å². The zero-order valence-electron chi connectivity index (χ0n) is 18.6. The van der Waals surface area contributed by atoms with Crippen molar-refractivity contribution < 1.29 is 4.79 Å². The Morgan fingerprint density at radius 2 is 1.62 bits per heavy atom. The molecular formula is C26H23N5O3. The highest BCUT2D eigenvalue weighted by Crippen LogP contribution is 2.20. The molecule has 8 nitrogen and oxygen atoms in total. The van der Waals surface area contributed by atoms with Crippen molar-refractivity contribution in [1.29, 1.82) is 0 Å². The van der Waals surface area contributed by atoms with E-state index < -0.39 is 5.69 Å². The first kappa shape index (κ1) is 21.4. The third-order valence-electron chi connectivity index (χ3n) is 5.93. The maximum Gasteiger partial charge on any atom is 0.331 e. The quantitative estimate of drug-likeness (QED) is 0.427. The molecule has 0 aliphatic carbocycles. The molecule has 0 unspecified atom stereocenters. The second-order valence-corrected chi connectivity index (χ2v) is 8.00. The standard InChI is InChI=1S/C26H23N5O3/c1-2-29-25(33)21-12-5-6-13-22(21)30(26(29)34)17-24(32)28-23-14-15-27-31(23)16-19-10-7-9-18-8-3-4-11-20(18)19/h3-15H,2,16-17H2,1H3,(H,28,32). The lowest BCUT2D eigenvalue weighted by atomic mass is 10.0. The smallest absolute Gasteiger partial charge is 0.309 e. The molecule has 0 atom stereocenters. The van der Waals surface area contributed by atoms with Crippen molar-refractivity contribution in [2.45, 2.75) is 26.6 Å². The van der Waals surface area contributed by atoms with Crippen molar-refractivity contribution in [2.75, 3.05) is 5.32 Å². The van der Waals surface area contributed by atoms with Crippen molar-refractivity contribution in [3.8, 4) is 0 Å². The van der Waals surface area contributed by atoms with Crippen molar-refractivity contribution in [2.24, 2.45) is 0 Å². The van der Waals surface area contributed by atoms with Crippen LogP contribution in [0.1, 0.15) is 12.5 Å². The van der Waals surface area contributed by atoms with E-state index >= 15 is 0 Å². The molecule has 0 saturated carbocycles. The zero-order valence-corrected chi connectivity index (χ0v) is 18.6. The van der Waals surface area contributed by atoms with E-state index in [1.807, 2.05) is 24.3 Å². The van der Waals surface area contributed by atoms with Crippen LogP contribution in [0.2, 0.25) is 0 Å². The number of fused-ring (bicyclic) bond motifs is 2. The fraction of sp³-hybridized carbons (Fsp3) is 0.154. The summed E-state index contributed by atoms with van der Waals surface area (Å²) in [5.74, 6) is 0.146. The summed E-state index contributed by atoms with van der Waals surface area (Å²) in [4.78, 5) is 38.5. The number of aromatic nitrogens is 4. The van der Waals surface area contributed by atoms with Gasteiger partial charge in [0, 0.05) is 12.6 Å². The SMILES string of the molecule is CCn1c(=O)c2ccccc2n(CC(=O)Nc2ccnn2Cc2cccc3ccccc23)c1=O. The van der Waals surface area contributed by atoms with Gasteiger partial charge in [0.1, 0.15) is 12.4 Å². The molecule has 0 bridgehead atoms. The van der Waals surface area contributed by atoms with Gasteiger partial charge in [-0.25, -0.2) is 9.48 Å². The lowest BCUT2D eigenvalue weighted by Crippen LogP contribution is -2.41. The summed E-state index contributed by atoms with van der Waals surface area (Å²) in [6, 6.07) is 22.8. The van der Waals surface area contributed by atoms with Crippen LogP contribution in [-0.2, 0) is 24.4 Å². The van der Waals surface area contributed by atoms with Crippen LogP contribution in [-0.4, -0.2) is 24.8 Å². The fourth-order valence-corrected chi connectivity index (χ4v) is 4.29. The third kappa shape index (κ3) is 3.79. The fourth-order valence-electron chi connectivity index (χ4n) is 4.29. The molecule has 2 aromatic heterocycles. The molecule has 170 valence electrons. The van der Waals surface area contributed by atoms with E-state index in [1.165, 1.54) is 4.57 Å². The number of anilines is 1. The molecule has 34 heavy (non-hydrogen) atoms. The summed E-state index contributed by atoms with van der Waals surface area (Å²) in [6.45, 7) is 2.21. The van der Waals surface area contributed by atoms with Crippen LogP contribution in [0.3, 0.4) is 0 Å². The summed E-state index contributed by atoms with van der Waals surface area (Å²) >= 11 is 0. The lowest BCUT2D eigenvalue weighted by Gasteiger charge is -2.14. The Balaban J connectivity index is 1.43. The molecule has 0 aliphatic rings. The highest BCUT2D eigenvalue weighted by Gasteiger charge is 2.16. The van der Waals surface area contributed by atoms with Gasteiger partial charge in [0.25, 0.3) is 5.56 Å². The maximum atomic E-state index is 13.0. The van der Waals surface area contributed by atoms with Gasteiger partial charge in [-0.05, 0) is 35.4 Å². The molecule has 2 heterocycles. The van der Waals surface area contributed by atoms with Crippen molar-refractivity contribution in [3.05, 3.63) is 105 Å². The maximum absolute atomic E-state index is 13.0. The minimum Gasteiger partial charge on any atom is -0.309 e. The van der Waals surface area contributed by atoms with Gasteiger partial charge < -0.3 is 5.32 Å². The first-order chi connectivity index (χ1) is 16.6. The molecule has 1 N–H and O–H groups in total. The summed E-state index contributed by atoms with van der Waals surface area (Å²) in [5, 5.41) is 9.90. The van der Waals surface area contributed by atoms with Gasteiger partial charge in [0.2, 0.25) is 5.91 Å². The molecule has 0 saturated heterocycles. The number of benzene rings is 3. The number of carbonyl (C=O) groups is 1. The molecule has 0 spiro atoms. The van der Waals surface area contributed by atoms with Crippen molar-refractivity contribution in [3.63, 3.8) is 0 Å². The predicted molar refractivity (Wildman–Crippen MR) is 132 cm³/mol. The average Bonchev–Trinajstić information content (AvgIpc) is 3.28. The summed E-state index contributed by atoms with van der Waals surface area (Å²) in [5.41, 5.74) is 0.648. The van der Waals surface area contributed by atoms with Crippen LogP contribution in [0.5, 0.6) is 0 Å². The number of hydrogen-bond donors (Lipinski definition) is 1. The first-order valence-corrected chi connectivity index (χ1v) is 11.1. The number of carbonyl (C=O) groups excluding carboxylic acids is 1. The highest BCUT2D eigenvalue weighted by atomic mass is 16.2. The van der Waals surface area contributed by atoms with Gasteiger partial charge in [0.05, 0.1) is 23.6 Å². The molecule has 0 fully saturated rings. The largest absolute Gasteiger partial charge is 0.331 e. The van der Waals surface area contributed by atoms with E-state index in [1.54, 1.807) is 48.1 Å². The van der Waals surface area contributed by atoms with E-state index in [-0.39, 0.29) is 24.6 Å².